The molecule has 0 radical (unpaired) electrons. The lowest BCUT2D eigenvalue weighted by atomic mass is 10.1. The number of phosphoric ester groups is 2. The standard InChI is InChI=1S/C54H83N3O18P2/c1-3-5-7-8-9-10-11-12-13-14-15-16-17-18-19-20-21-26-30-36-49(61)70-40-44(73-50(62)37-31-35-46(60)45(59)34-29-25-23-22-24-28-33-43(58)32-27-6-4-2)41-71-76(66,67)75-77(68,69)72-42-47-51(63)52(64)53(74-47)57-39-38-48(55)56-54(57)65/h9-10,12-13,15-16,18-19,21-26,28-29,33-34,38-39,43-47,51-53,58-60,63-64H,3-8,11,14,17,20,27,30-32,35-37,40-42H2,1-2H3,(H,66,67)(H,68,69)(H2,55,56,65)/b10-9-,13-12-,16-15-,19-18-,24-22-,25-23+,26-21-,33-28+,34-29+/t43-,44+,45-,46-,47+,51+,52+,53+/m0/s1. The highest BCUT2D eigenvalue weighted by atomic mass is 31.3. The second kappa shape index (κ2) is 40.5. The van der Waals surface area contributed by atoms with Crippen LogP contribution in [0, 0.1) is 0 Å². The minimum atomic E-state index is -5.54. The molecule has 2 heterocycles. The summed E-state index contributed by atoms with van der Waals surface area (Å²) in [5.74, 6) is -1.76. The Hall–Kier alpha value is -4.70. The van der Waals surface area contributed by atoms with Crippen molar-refractivity contribution in [2.75, 3.05) is 25.6 Å². The summed E-state index contributed by atoms with van der Waals surface area (Å²) in [6.07, 6.45) is 35.3. The number of ether oxygens (including phenoxy) is 3. The van der Waals surface area contributed by atoms with E-state index in [0.717, 1.165) is 55.7 Å². The fraction of sp³-hybridized carbons (Fsp3) is 0.556. The third-order valence-electron chi connectivity index (χ3n) is 11.2. The van der Waals surface area contributed by atoms with Gasteiger partial charge in [0.1, 0.15) is 30.7 Å². The summed E-state index contributed by atoms with van der Waals surface area (Å²) >= 11 is 0. The Labute approximate surface area is 452 Å². The number of aliphatic hydroxyl groups excluding tert-OH is 5. The van der Waals surface area contributed by atoms with Crippen LogP contribution in [0.4, 0.5) is 5.82 Å². The number of hydrogen-bond donors (Lipinski definition) is 8. The van der Waals surface area contributed by atoms with E-state index in [1.54, 1.807) is 42.5 Å². The van der Waals surface area contributed by atoms with Gasteiger partial charge in [-0.15, -0.1) is 0 Å². The maximum atomic E-state index is 12.9. The molecule has 1 aliphatic rings. The van der Waals surface area contributed by atoms with Crippen LogP contribution in [0.2, 0.25) is 0 Å². The number of nitrogen functional groups attached to an aromatic ring is 1. The van der Waals surface area contributed by atoms with Gasteiger partial charge in [-0.25, -0.2) is 13.9 Å². The Morgan fingerprint density at radius 1 is 0.714 bits per heavy atom. The van der Waals surface area contributed by atoms with Crippen molar-refractivity contribution in [3.63, 3.8) is 0 Å². The van der Waals surface area contributed by atoms with Crippen LogP contribution in [-0.2, 0) is 46.3 Å². The van der Waals surface area contributed by atoms with Gasteiger partial charge >= 0.3 is 33.3 Å². The van der Waals surface area contributed by atoms with Crippen molar-refractivity contribution in [2.45, 2.75) is 172 Å². The SMILES string of the molecule is CCCCC/C=C\C/C=C\C/C=C\C/C=C\C/C=C\CCC(=O)OC[C@H](COP(=O)(O)OP(=O)(O)OC[C@H]1O[C@@H](n2ccc(N)nc2=O)[C@H](O)[C@@H]1O)OC(=O)CCC[C@H](O)[C@@H](O)/C=C/C=C/C=C\C=C\[C@@H](O)CCCCC. The van der Waals surface area contributed by atoms with E-state index in [-0.39, 0.29) is 31.5 Å². The van der Waals surface area contributed by atoms with E-state index < -0.39 is 102 Å². The van der Waals surface area contributed by atoms with Crippen LogP contribution in [0.15, 0.2) is 126 Å². The van der Waals surface area contributed by atoms with Gasteiger partial charge < -0.3 is 55.3 Å². The summed E-state index contributed by atoms with van der Waals surface area (Å²) in [7, 11) is -11.1. The zero-order valence-electron chi connectivity index (χ0n) is 44.3. The molecule has 0 spiro atoms. The van der Waals surface area contributed by atoms with Crippen LogP contribution >= 0.6 is 15.6 Å². The number of nitrogens with two attached hydrogens (primary N) is 1. The van der Waals surface area contributed by atoms with Crippen LogP contribution in [-0.4, -0.2) is 119 Å². The summed E-state index contributed by atoms with van der Waals surface area (Å²) in [6.45, 7) is 1.61. The number of carbonyl (C=O) groups is 2. The fourth-order valence-corrected chi connectivity index (χ4v) is 9.08. The predicted octanol–water partition coefficient (Wildman–Crippen LogP) is 7.91. The monoisotopic (exact) mass is 1120 g/mol. The molecule has 0 amide bonds. The van der Waals surface area contributed by atoms with Gasteiger partial charge in [-0.2, -0.15) is 9.29 Å². The molecule has 432 valence electrons. The lowest BCUT2D eigenvalue weighted by Crippen LogP contribution is -2.36. The molecule has 0 aliphatic carbocycles. The quantitative estimate of drug-likeness (QED) is 0.0101. The van der Waals surface area contributed by atoms with Gasteiger partial charge in [0.05, 0.1) is 31.5 Å². The van der Waals surface area contributed by atoms with Gasteiger partial charge in [0, 0.05) is 19.0 Å². The van der Waals surface area contributed by atoms with E-state index >= 15 is 0 Å². The Morgan fingerprint density at radius 3 is 1.91 bits per heavy atom. The summed E-state index contributed by atoms with van der Waals surface area (Å²) in [4.78, 5) is 62.0. The predicted molar refractivity (Wildman–Crippen MR) is 292 cm³/mol. The first-order chi connectivity index (χ1) is 36.9. The number of nitrogens with zero attached hydrogens (tertiary/aromatic N) is 2. The number of aliphatic hydroxyl groups is 5. The van der Waals surface area contributed by atoms with Crippen molar-refractivity contribution < 1.29 is 81.6 Å². The van der Waals surface area contributed by atoms with E-state index in [1.807, 2.05) is 18.2 Å². The Morgan fingerprint density at radius 2 is 1.29 bits per heavy atom. The first-order valence-corrected chi connectivity index (χ1v) is 29.2. The molecule has 10 atom stereocenters. The molecule has 2 unspecified atom stereocenters. The largest absolute Gasteiger partial charge is 0.481 e. The van der Waals surface area contributed by atoms with Gasteiger partial charge in [-0.05, 0) is 70.3 Å². The molecule has 23 heteroatoms. The number of allylic oxidation sites excluding steroid dienone is 16. The number of unbranched alkanes of at least 4 members (excludes halogenated alkanes) is 5. The third kappa shape index (κ3) is 32.7. The number of rotatable bonds is 41. The van der Waals surface area contributed by atoms with E-state index in [0.29, 0.717) is 19.3 Å². The van der Waals surface area contributed by atoms with E-state index in [4.69, 9.17) is 29.0 Å². The van der Waals surface area contributed by atoms with Crippen LogP contribution < -0.4 is 11.4 Å². The number of hydrogen-bond acceptors (Lipinski definition) is 18. The van der Waals surface area contributed by atoms with E-state index in [9.17, 15) is 58.8 Å². The number of anilines is 1. The first kappa shape index (κ1) is 68.4. The number of phosphoric acid groups is 2. The van der Waals surface area contributed by atoms with Crippen molar-refractivity contribution >= 4 is 33.4 Å². The molecule has 77 heavy (non-hydrogen) atoms. The van der Waals surface area contributed by atoms with Gasteiger partial charge in [-0.3, -0.25) is 23.2 Å². The zero-order chi connectivity index (χ0) is 56.7. The molecule has 1 fully saturated rings. The van der Waals surface area contributed by atoms with Crippen molar-refractivity contribution in [3.05, 3.63) is 132 Å². The minimum Gasteiger partial charge on any atom is -0.462 e. The lowest BCUT2D eigenvalue weighted by Gasteiger charge is -2.21. The van der Waals surface area contributed by atoms with Crippen LogP contribution in [0.3, 0.4) is 0 Å². The van der Waals surface area contributed by atoms with E-state index in [2.05, 4.69) is 59.6 Å². The molecule has 1 saturated heterocycles. The average Bonchev–Trinajstić information content (AvgIpc) is 3.66. The molecular formula is C54H83N3O18P2. The maximum Gasteiger partial charge on any atom is 0.481 e. The summed E-state index contributed by atoms with van der Waals surface area (Å²) in [5, 5.41) is 51.7. The van der Waals surface area contributed by atoms with E-state index in [1.165, 1.54) is 37.5 Å². The molecule has 2 rings (SSSR count). The molecule has 21 nitrogen and oxygen atoms in total. The minimum absolute atomic E-state index is 0.0122. The highest BCUT2D eigenvalue weighted by Gasteiger charge is 2.46. The second-order valence-electron chi connectivity index (χ2n) is 17.9. The average molecular weight is 1120 g/mol. The molecule has 0 saturated carbocycles. The van der Waals surface area contributed by atoms with Crippen LogP contribution in [0.25, 0.3) is 0 Å². The van der Waals surface area contributed by atoms with Crippen LogP contribution in [0.5, 0.6) is 0 Å². The van der Waals surface area contributed by atoms with Gasteiger partial charge in [-0.1, -0.05) is 155 Å². The summed E-state index contributed by atoms with van der Waals surface area (Å²) in [6, 6.07) is 1.22. The number of carbonyl (C=O) groups excluding carboxylic acids is 2. The second-order valence-corrected chi connectivity index (χ2v) is 20.9. The molecule has 1 aliphatic heterocycles. The highest BCUT2D eigenvalue weighted by molar-refractivity contribution is 7.61. The van der Waals surface area contributed by atoms with Crippen molar-refractivity contribution in [2.24, 2.45) is 0 Å². The van der Waals surface area contributed by atoms with Gasteiger partial charge in [0.25, 0.3) is 0 Å². The Balaban J connectivity index is 1.92. The topological polar surface area (TPSA) is 326 Å². The Bertz CT molecular complexity index is 2280. The summed E-state index contributed by atoms with van der Waals surface area (Å²) < 4.78 is 56.4. The normalized spacial score (nSPS) is 20.7. The van der Waals surface area contributed by atoms with Gasteiger partial charge in [0.15, 0.2) is 12.3 Å². The molecular weight excluding hydrogens is 1040 g/mol. The van der Waals surface area contributed by atoms with Crippen molar-refractivity contribution in [3.8, 4) is 0 Å². The smallest absolute Gasteiger partial charge is 0.462 e. The molecule has 0 bridgehead atoms. The molecule has 1 aromatic heterocycles. The van der Waals surface area contributed by atoms with Crippen molar-refractivity contribution in [1.29, 1.82) is 0 Å². The molecule has 0 aromatic carbocycles. The van der Waals surface area contributed by atoms with Crippen LogP contribution in [0.1, 0.15) is 129 Å². The van der Waals surface area contributed by atoms with Gasteiger partial charge in [0.2, 0.25) is 0 Å². The highest BCUT2D eigenvalue weighted by Crippen LogP contribution is 2.60. The maximum absolute atomic E-state index is 12.9. The number of esters is 2. The molecule has 9 N–H and O–H groups in total. The molecule has 1 aromatic rings. The summed E-state index contributed by atoms with van der Waals surface area (Å²) in [5.41, 5.74) is 4.55. The first-order valence-electron chi connectivity index (χ1n) is 26.2. The van der Waals surface area contributed by atoms with Crippen molar-refractivity contribution in [1.82, 2.24) is 9.55 Å². The lowest BCUT2D eigenvalue weighted by molar-refractivity contribution is -0.161. The Kier molecular flexibility index (Phi) is 36.0. The fourth-order valence-electron chi connectivity index (χ4n) is 6.97. The third-order valence-corrected chi connectivity index (χ3v) is 13.8. The number of aromatic nitrogens is 2. The zero-order valence-corrected chi connectivity index (χ0v) is 46.1.